The van der Waals surface area contributed by atoms with Crippen molar-refractivity contribution in [3.8, 4) is 11.8 Å². The second-order valence-electron chi connectivity index (χ2n) is 29.8. The second kappa shape index (κ2) is 54.6. The van der Waals surface area contributed by atoms with Gasteiger partial charge < -0.3 is 88.9 Å². The van der Waals surface area contributed by atoms with Crippen LogP contribution in [0.4, 0.5) is 10.5 Å². The number of quaternary nitrogens is 1. The van der Waals surface area contributed by atoms with E-state index in [9.17, 15) is 43.2 Å². The van der Waals surface area contributed by atoms with Gasteiger partial charge in [0.2, 0.25) is 23.6 Å². The van der Waals surface area contributed by atoms with Crippen molar-refractivity contribution in [2.75, 3.05) is 172 Å². The van der Waals surface area contributed by atoms with Gasteiger partial charge in [0.15, 0.2) is 5.78 Å². The van der Waals surface area contributed by atoms with Crippen LogP contribution in [0.5, 0.6) is 0 Å². The lowest BCUT2D eigenvalue weighted by Crippen LogP contribution is -2.48. The van der Waals surface area contributed by atoms with Crippen LogP contribution in [-0.4, -0.2) is 245 Å². The first-order chi connectivity index (χ1) is 52.6. The van der Waals surface area contributed by atoms with Gasteiger partial charge in [-0.3, -0.25) is 38.4 Å². The fourth-order valence-corrected chi connectivity index (χ4v) is 12.7. The number of nitrogens with zero attached hydrogens (tertiary/aromatic N) is 4. The number of carbonyl (C=O) groups excluding carboxylic acids is 9. The van der Waals surface area contributed by atoms with Gasteiger partial charge in [0.25, 0.3) is 0 Å². The number of benzene rings is 1. The fourth-order valence-electron chi connectivity index (χ4n) is 12.7. The van der Waals surface area contributed by atoms with E-state index in [1.54, 1.807) is 52.0 Å². The van der Waals surface area contributed by atoms with Gasteiger partial charge in [0, 0.05) is 82.2 Å². The molecule has 7 atom stereocenters. The van der Waals surface area contributed by atoms with Crippen LogP contribution in [0.2, 0.25) is 0 Å². The van der Waals surface area contributed by atoms with E-state index in [0.29, 0.717) is 185 Å². The van der Waals surface area contributed by atoms with Crippen LogP contribution >= 0.6 is 0 Å². The first-order valence-electron chi connectivity index (χ1n) is 39.6. The number of amides is 6. The first-order valence-corrected chi connectivity index (χ1v) is 39.6. The maximum absolute atomic E-state index is 14.4. The number of carbonyl (C=O) groups is 9. The number of unbranched alkanes of at least 4 members (excludes halogenated alkanes) is 1. The average molecular weight is 1540 g/mol. The van der Waals surface area contributed by atoms with Gasteiger partial charge >= 0.3 is 18.0 Å². The monoisotopic (exact) mass is 1540 g/mol. The zero-order valence-electron chi connectivity index (χ0n) is 66.1. The summed E-state index contributed by atoms with van der Waals surface area (Å²) in [7, 11) is 6.23. The Bertz CT molecular complexity index is 3040. The number of nitrogens with two attached hydrogens (primary N) is 1. The molecule has 0 saturated heterocycles. The molecule has 30 nitrogen and oxygen atoms in total. The zero-order valence-corrected chi connectivity index (χ0v) is 66.1. The molecule has 30 heteroatoms. The van der Waals surface area contributed by atoms with Crippen molar-refractivity contribution < 1.29 is 99.7 Å². The Morgan fingerprint density at radius 1 is 0.596 bits per heavy atom. The molecule has 0 radical (unpaired) electrons. The number of primary amides is 1. The minimum atomic E-state index is -1.03. The van der Waals surface area contributed by atoms with E-state index in [-0.39, 0.29) is 114 Å². The molecule has 1 aromatic heterocycles. The number of hydrogen-bond donors (Lipinski definition) is 6. The number of anilines is 1. The van der Waals surface area contributed by atoms with Gasteiger partial charge in [-0.2, -0.15) is 0 Å². The third-order valence-electron chi connectivity index (χ3n) is 19.1. The number of Topliss-reactive ketones (excluding diaryl/α,β-unsaturated/α-hetero) is 2. The molecule has 1 fully saturated rings. The molecular weight excluding hydrogens is 1410 g/mol. The lowest BCUT2D eigenvalue weighted by Gasteiger charge is -2.26. The maximum Gasteiger partial charge on any atom is 0.312 e. The summed E-state index contributed by atoms with van der Waals surface area (Å²) in [6.07, 6.45) is 10.4. The number of fused-ring (bicyclic) bond motifs is 2. The largest absolute Gasteiger partial charge is 0.465 e. The summed E-state index contributed by atoms with van der Waals surface area (Å²) >= 11 is 0. The zero-order chi connectivity index (χ0) is 78.9. The summed E-state index contributed by atoms with van der Waals surface area (Å²) in [6.45, 7) is 15.3. The van der Waals surface area contributed by atoms with Crippen LogP contribution in [0.1, 0.15) is 173 Å². The number of likely N-dealkylation sites (N-methyl/N-ethyl adjacent to an activating group) is 1. The Labute approximate surface area is 645 Å². The number of aromatic nitrogens is 3. The molecule has 3 aliphatic rings. The number of hydrogen-bond acceptors (Lipinski definition) is 22. The van der Waals surface area contributed by atoms with Gasteiger partial charge in [-0.25, -0.2) is 9.48 Å². The topological polar surface area (TPSA) is 372 Å². The fraction of sp³-hybridized carbons (Fsp3) is 0.759. The highest BCUT2D eigenvalue weighted by molar-refractivity contribution is 5.98. The molecule has 3 aliphatic carbocycles. The summed E-state index contributed by atoms with van der Waals surface area (Å²) in [4.78, 5) is 118. The van der Waals surface area contributed by atoms with E-state index in [1.165, 1.54) is 0 Å². The number of rotatable bonds is 61. The summed E-state index contributed by atoms with van der Waals surface area (Å²) in [5.74, 6) is 3.29. The van der Waals surface area contributed by atoms with Crippen molar-refractivity contribution in [3.63, 3.8) is 0 Å². The van der Waals surface area contributed by atoms with E-state index in [2.05, 4.69) is 69.9 Å². The highest BCUT2D eigenvalue weighted by Crippen LogP contribution is 2.52. The van der Waals surface area contributed by atoms with Crippen LogP contribution in [-0.2, 0) is 110 Å². The molecule has 109 heavy (non-hydrogen) atoms. The van der Waals surface area contributed by atoms with Crippen molar-refractivity contribution in [1.29, 1.82) is 0 Å². The lowest BCUT2D eigenvalue weighted by molar-refractivity contribution is -0.869. The van der Waals surface area contributed by atoms with Crippen LogP contribution < -0.4 is 32.3 Å². The van der Waals surface area contributed by atoms with E-state index in [1.807, 2.05) is 4.68 Å². The van der Waals surface area contributed by atoms with Crippen LogP contribution in [0, 0.1) is 53.3 Å². The van der Waals surface area contributed by atoms with Gasteiger partial charge in [0.05, 0.1) is 164 Å². The summed E-state index contributed by atoms with van der Waals surface area (Å²) in [5.41, 5.74) is 8.13. The number of ketones is 2. The number of ether oxygens (including phenoxy) is 11. The molecule has 1 saturated carbocycles. The summed E-state index contributed by atoms with van der Waals surface area (Å²) in [5, 5.41) is 23.2. The Balaban J connectivity index is 1.04. The summed E-state index contributed by atoms with van der Waals surface area (Å²) < 4.78 is 65.0. The number of urea groups is 1. The molecule has 0 spiro atoms. The predicted molar refractivity (Wildman–Crippen MR) is 406 cm³/mol. The minimum absolute atomic E-state index is 0.0212. The Morgan fingerprint density at radius 3 is 1.79 bits per heavy atom. The lowest BCUT2D eigenvalue weighted by atomic mass is 9.88. The van der Waals surface area contributed by atoms with Crippen molar-refractivity contribution in [1.82, 2.24) is 36.3 Å². The molecular formula is C79H129N10O20+. The third kappa shape index (κ3) is 41.2. The van der Waals surface area contributed by atoms with Crippen molar-refractivity contribution >= 4 is 58.9 Å². The molecule has 0 aliphatic heterocycles. The highest BCUT2D eigenvalue weighted by atomic mass is 16.6. The van der Waals surface area contributed by atoms with Gasteiger partial charge in [-0.1, -0.05) is 64.3 Å². The molecule has 7 N–H and O–H groups in total. The maximum atomic E-state index is 14.4. The third-order valence-corrected chi connectivity index (χ3v) is 19.1. The van der Waals surface area contributed by atoms with Crippen molar-refractivity contribution in [2.45, 2.75) is 181 Å². The first kappa shape index (κ1) is 92.6. The minimum Gasteiger partial charge on any atom is -0.465 e. The molecule has 5 rings (SSSR count). The predicted octanol–water partition coefficient (Wildman–Crippen LogP) is 6.32. The number of esters is 2. The quantitative estimate of drug-likeness (QED) is 0.0183. The van der Waals surface area contributed by atoms with Gasteiger partial charge in [-0.05, 0) is 106 Å². The molecule has 6 amide bonds. The second-order valence-corrected chi connectivity index (χ2v) is 29.8. The van der Waals surface area contributed by atoms with E-state index < -0.39 is 53.5 Å². The van der Waals surface area contributed by atoms with Gasteiger partial charge in [0.1, 0.15) is 30.8 Å². The molecule has 1 aromatic carbocycles. The average Bonchev–Trinajstić information content (AvgIpc) is 1.63. The Morgan fingerprint density at radius 2 is 1.17 bits per heavy atom. The molecule has 2 unspecified atom stereocenters. The van der Waals surface area contributed by atoms with Crippen LogP contribution in [0.15, 0.2) is 24.3 Å². The van der Waals surface area contributed by atoms with Gasteiger partial charge in [-0.15, -0.1) is 16.9 Å². The van der Waals surface area contributed by atoms with Crippen LogP contribution in [0.3, 0.4) is 0 Å². The normalized spacial score (nSPS) is 17.0. The Hall–Kier alpha value is -7.05. The Kier molecular flexibility index (Phi) is 46.3. The van der Waals surface area contributed by atoms with E-state index in [4.69, 9.17) is 57.8 Å². The van der Waals surface area contributed by atoms with Crippen LogP contribution in [0.25, 0.3) is 0 Å². The smallest absolute Gasteiger partial charge is 0.312 e. The SMILES string of the molecule is CC(C)C(=O)OCc1ccc(NC(=O)[C@H](CCCNC(N)=O)CC(=O)[C@@H](NC(=O)[C@@H](CCCCNC(=O)COC2CCCCCc3c2nnn3CCOCCOCCOCCOCCC(=O)NCC[N+](C)(C)C)CC(=O)CCOCCOCCOCCOCCCC(=O)OCC2[C@H]3CCC#CCC[C@@H]23)C(C)C)cc1. The molecule has 0 bridgehead atoms. The molecule has 614 valence electrons. The van der Waals surface area contributed by atoms with E-state index in [0.717, 1.165) is 68.1 Å². The highest BCUT2D eigenvalue weighted by Gasteiger charge is 2.49. The van der Waals surface area contributed by atoms with Crippen molar-refractivity contribution in [3.05, 3.63) is 41.2 Å². The molecule has 1 heterocycles. The molecule has 2 aromatic rings. The summed E-state index contributed by atoms with van der Waals surface area (Å²) in [6, 6.07) is 5.01. The van der Waals surface area contributed by atoms with E-state index >= 15 is 0 Å². The number of nitrogens with one attached hydrogen (secondary N) is 5. The van der Waals surface area contributed by atoms with Crippen molar-refractivity contribution in [2.24, 2.45) is 47.2 Å². The standard InChI is InChI=1S/C79H128N10O20/c1-58(2)74(69(91)54-62(20-17-33-83-79(80)98)76(95)84-63-28-26-60(27-29-63)55-109-78(97)59(3)4)85-77(96)61(53-64(90)30-38-100-42-46-104-50-49-103-45-41-99-37-18-25-73(94)108-56-67-65-21-11-8-9-12-22-66(65)67)19-15-16-32-81-72(93)57-107-70-24-14-10-13-23-68-75(70)86-87-88(68)35-40-102-44-48-106-52-51-105-47-43-101-39-31-71(92)82-34-36-89(5,6)7/h26-29,58-59,61-62,65-67,70,74H,10-25,30-57H2,1-7H3,(H6-,80,81,82,83,84,85,92,93,95,96,98)/p+1/t61-,62+,65-,66+,67?,70?,74-/m0/s1.